The summed E-state index contributed by atoms with van der Waals surface area (Å²) in [7, 11) is 4.24. The molecule has 0 aliphatic carbocycles. The number of likely N-dealkylation sites (N-methyl/N-ethyl adjacent to an activating group) is 1. The van der Waals surface area contributed by atoms with Gasteiger partial charge in [-0.05, 0) is 48.6 Å². The summed E-state index contributed by atoms with van der Waals surface area (Å²) in [5.41, 5.74) is 3.65. The van der Waals surface area contributed by atoms with E-state index < -0.39 is 0 Å². The van der Waals surface area contributed by atoms with Gasteiger partial charge in [-0.2, -0.15) is 16.4 Å². The number of hydrogen-bond donors (Lipinski definition) is 1. The summed E-state index contributed by atoms with van der Waals surface area (Å²) in [5, 5.41) is 12.3. The molecule has 1 atom stereocenters. The summed E-state index contributed by atoms with van der Waals surface area (Å²) in [6.07, 6.45) is 4.01. The third-order valence-electron chi connectivity index (χ3n) is 3.87. The Bertz CT molecular complexity index is 704. The van der Waals surface area contributed by atoms with Gasteiger partial charge in [0.15, 0.2) is 0 Å². The monoisotopic (exact) mass is 326 g/mol. The van der Waals surface area contributed by atoms with E-state index in [9.17, 15) is 0 Å². The minimum Gasteiger partial charge on any atom is -0.311 e. The Morgan fingerprint density at radius 3 is 2.74 bits per heavy atom. The SMILES string of the molecule is CN(C)[C@H](CNCc1cnn(-c2ccccc2)c1)c1ccsc1. The molecule has 1 N–H and O–H groups in total. The highest BCUT2D eigenvalue weighted by Gasteiger charge is 2.14. The van der Waals surface area contributed by atoms with Crippen LogP contribution in [-0.2, 0) is 6.54 Å². The van der Waals surface area contributed by atoms with Crippen molar-refractivity contribution >= 4 is 11.3 Å². The lowest BCUT2D eigenvalue weighted by Crippen LogP contribution is -2.30. The molecule has 0 saturated heterocycles. The molecule has 0 fully saturated rings. The van der Waals surface area contributed by atoms with Crippen molar-refractivity contribution < 1.29 is 0 Å². The maximum atomic E-state index is 4.44. The van der Waals surface area contributed by atoms with Crippen LogP contribution in [0.25, 0.3) is 5.69 Å². The molecule has 0 spiro atoms. The van der Waals surface area contributed by atoms with E-state index >= 15 is 0 Å². The molecule has 0 aliphatic rings. The molecular formula is C18H22N4S. The Morgan fingerprint density at radius 1 is 1.22 bits per heavy atom. The van der Waals surface area contributed by atoms with Crippen LogP contribution in [-0.4, -0.2) is 35.3 Å². The molecule has 3 aromatic rings. The van der Waals surface area contributed by atoms with Crippen molar-refractivity contribution in [1.82, 2.24) is 20.0 Å². The molecular weight excluding hydrogens is 304 g/mol. The summed E-state index contributed by atoms with van der Waals surface area (Å²) >= 11 is 1.75. The van der Waals surface area contributed by atoms with Crippen LogP contribution in [0, 0.1) is 0 Å². The molecule has 0 unspecified atom stereocenters. The van der Waals surface area contributed by atoms with Crippen molar-refractivity contribution in [3.8, 4) is 5.69 Å². The van der Waals surface area contributed by atoms with Gasteiger partial charge in [0.05, 0.1) is 11.9 Å². The molecule has 0 radical (unpaired) electrons. The van der Waals surface area contributed by atoms with Crippen molar-refractivity contribution in [2.45, 2.75) is 12.6 Å². The summed E-state index contributed by atoms with van der Waals surface area (Å²) in [6.45, 7) is 1.74. The number of para-hydroxylation sites is 1. The van der Waals surface area contributed by atoms with E-state index in [2.05, 4.69) is 64.6 Å². The minimum atomic E-state index is 0.394. The van der Waals surface area contributed by atoms with E-state index in [1.165, 1.54) is 11.1 Å². The zero-order valence-electron chi connectivity index (χ0n) is 13.5. The van der Waals surface area contributed by atoms with Crippen LogP contribution in [0.15, 0.2) is 59.6 Å². The van der Waals surface area contributed by atoms with Gasteiger partial charge in [0.25, 0.3) is 0 Å². The van der Waals surface area contributed by atoms with E-state index in [4.69, 9.17) is 0 Å². The lowest BCUT2D eigenvalue weighted by Gasteiger charge is -2.24. The highest BCUT2D eigenvalue weighted by atomic mass is 32.1. The number of aromatic nitrogens is 2. The second-order valence-corrected chi connectivity index (χ2v) is 6.58. The van der Waals surface area contributed by atoms with Crippen LogP contribution in [0.1, 0.15) is 17.2 Å². The van der Waals surface area contributed by atoms with Gasteiger partial charge in [-0.25, -0.2) is 4.68 Å². The van der Waals surface area contributed by atoms with E-state index in [1.807, 2.05) is 29.1 Å². The van der Waals surface area contributed by atoms with Gasteiger partial charge < -0.3 is 10.2 Å². The molecule has 1 aromatic carbocycles. The Labute approximate surface area is 141 Å². The van der Waals surface area contributed by atoms with Crippen LogP contribution in [0.2, 0.25) is 0 Å². The van der Waals surface area contributed by atoms with E-state index in [-0.39, 0.29) is 0 Å². The maximum Gasteiger partial charge on any atom is 0.0645 e. The second kappa shape index (κ2) is 7.55. The molecule has 0 amide bonds. The molecule has 2 heterocycles. The van der Waals surface area contributed by atoms with Gasteiger partial charge in [0.1, 0.15) is 0 Å². The average molecular weight is 326 g/mol. The summed E-state index contributed by atoms with van der Waals surface area (Å²) in [4.78, 5) is 2.25. The molecule has 3 rings (SSSR count). The van der Waals surface area contributed by atoms with Crippen molar-refractivity contribution in [3.63, 3.8) is 0 Å². The van der Waals surface area contributed by atoms with E-state index in [0.717, 1.165) is 18.8 Å². The summed E-state index contributed by atoms with van der Waals surface area (Å²) in [5.74, 6) is 0. The molecule has 0 aliphatic heterocycles. The normalized spacial score (nSPS) is 12.7. The van der Waals surface area contributed by atoms with Gasteiger partial charge in [-0.1, -0.05) is 18.2 Å². The number of rotatable bonds is 7. The first kappa shape index (κ1) is 15.9. The second-order valence-electron chi connectivity index (χ2n) is 5.80. The largest absolute Gasteiger partial charge is 0.311 e. The molecule has 4 nitrogen and oxygen atoms in total. The Kier molecular flexibility index (Phi) is 5.23. The smallest absolute Gasteiger partial charge is 0.0645 e. The molecule has 0 saturated carbocycles. The first-order chi connectivity index (χ1) is 11.2. The van der Waals surface area contributed by atoms with Crippen molar-refractivity contribution in [1.29, 1.82) is 0 Å². The number of hydrogen-bond acceptors (Lipinski definition) is 4. The zero-order chi connectivity index (χ0) is 16.1. The minimum absolute atomic E-state index is 0.394. The van der Waals surface area contributed by atoms with Crippen molar-refractivity contribution in [3.05, 3.63) is 70.7 Å². The van der Waals surface area contributed by atoms with E-state index in [0.29, 0.717) is 6.04 Å². The fourth-order valence-corrected chi connectivity index (χ4v) is 3.30. The standard InChI is InChI=1S/C18H22N4S/c1-21(2)18(16-8-9-23-14-16)12-19-10-15-11-20-22(13-15)17-6-4-3-5-7-17/h3-9,11,13-14,18-19H,10,12H2,1-2H3/t18-/m1/s1. The maximum absolute atomic E-state index is 4.44. The number of thiophene rings is 1. The Hall–Kier alpha value is -1.95. The Morgan fingerprint density at radius 2 is 2.04 bits per heavy atom. The predicted octanol–water partition coefficient (Wildman–Crippen LogP) is 3.33. The van der Waals surface area contributed by atoms with Crippen LogP contribution < -0.4 is 5.32 Å². The lowest BCUT2D eigenvalue weighted by molar-refractivity contribution is 0.289. The average Bonchev–Trinajstić information content (AvgIpc) is 3.24. The van der Waals surface area contributed by atoms with Gasteiger partial charge >= 0.3 is 0 Å². The van der Waals surface area contributed by atoms with Gasteiger partial charge in [-0.15, -0.1) is 0 Å². The highest BCUT2D eigenvalue weighted by molar-refractivity contribution is 7.07. The van der Waals surface area contributed by atoms with Gasteiger partial charge in [0, 0.05) is 30.9 Å². The summed E-state index contributed by atoms with van der Waals surface area (Å²) in [6, 6.07) is 12.8. The van der Waals surface area contributed by atoms with Crippen molar-refractivity contribution in [2.24, 2.45) is 0 Å². The highest BCUT2D eigenvalue weighted by Crippen LogP contribution is 2.20. The van der Waals surface area contributed by atoms with Crippen molar-refractivity contribution in [2.75, 3.05) is 20.6 Å². The zero-order valence-corrected chi connectivity index (χ0v) is 14.3. The van der Waals surface area contributed by atoms with E-state index in [1.54, 1.807) is 11.3 Å². The molecule has 2 aromatic heterocycles. The number of benzene rings is 1. The fraction of sp³-hybridized carbons (Fsp3) is 0.278. The molecule has 23 heavy (non-hydrogen) atoms. The fourth-order valence-electron chi connectivity index (χ4n) is 2.59. The lowest BCUT2D eigenvalue weighted by atomic mass is 10.1. The third-order valence-corrected chi connectivity index (χ3v) is 4.58. The quantitative estimate of drug-likeness (QED) is 0.723. The molecule has 5 heteroatoms. The van der Waals surface area contributed by atoms with Crippen LogP contribution in [0.5, 0.6) is 0 Å². The topological polar surface area (TPSA) is 33.1 Å². The predicted molar refractivity (Wildman–Crippen MR) is 96.0 cm³/mol. The van der Waals surface area contributed by atoms with Crippen LogP contribution in [0.4, 0.5) is 0 Å². The molecule has 120 valence electrons. The van der Waals surface area contributed by atoms with Crippen LogP contribution >= 0.6 is 11.3 Å². The first-order valence-corrected chi connectivity index (χ1v) is 8.66. The molecule has 0 bridgehead atoms. The Balaban J connectivity index is 1.57. The first-order valence-electron chi connectivity index (χ1n) is 7.72. The van der Waals surface area contributed by atoms with Gasteiger partial charge in [-0.3, -0.25) is 0 Å². The third kappa shape index (κ3) is 4.07. The summed E-state index contributed by atoms with van der Waals surface area (Å²) < 4.78 is 1.92. The number of nitrogens with zero attached hydrogens (tertiary/aromatic N) is 3. The number of nitrogens with one attached hydrogen (secondary N) is 1. The van der Waals surface area contributed by atoms with Gasteiger partial charge in [0.2, 0.25) is 0 Å². The van der Waals surface area contributed by atoms with Crippen LogP contribution in [0.3, 0.4) is 0 Å².